The molecule has 2 aromatic rings. The lowest BCUT2D eigenvalue weighted by Gasteiger charge is -2.55. The van der Waals surface area contributed by atoms with E-state index in [1.165, 1.54) is 0 Å². The zero-order valence-electron chi connectivity index (χ0n) is 16.4. The quantitative estimate of drug-likeness (QED) is 0.817. The second-order valence-corrected chi connectivity index (χ2v) is 7.54. The number of rotatable bonds is 2. The number of aromatic nitrogens is 2. The Morgan fingerprint density at radius 2 is 1.89 bits per heavy atom. The minimum atomic E-state index is -0.432. The third-order valence-electron chi connectivity index (χ3n) is 6.11. The minimum absolute atomic E-state index is 0.0356. The Labute approximate surface area is 160 Å². The van der Waals surface area contributed by atoms with Crippen molar-refractivity contribution in [3.63, 3.8) is 0 Å². The number of hydrogen-bond acceptors (Lipinski definition) is 5. The average molecular weight is 366 g/mol. The molecular weight excluding hydrogens is 340 g/mol. The fourth-order valence-electron chi connectivity index (χ4n) is 4.48. The monoisotopic (exact) mass is 366 g/mol. The van der Waals surface area contributed by atoms with E-state index < -0.39 is 5.54 Å². The van der Waals surface area contributed by atoms with Gasteiger partial charge in [-0.3, -0.25) is 4.79 Å². The van der Waals surface area contributed by atoms with Gasteiger partial charge in [-0.05, 0) is 32.8 Å². The maximum atomic E-state index is 12.5. The number of likely N-dealkylation sites (N-methyl/N-ethyl adjacent to an activating group) is 1. The van der Waals surface area contributed by atoms with Gasteiger partial charge < -0.3 is 14.5 Å². The Bertz CT molecular complexity index is 870. The SMILES string of the molecule is Cc1nc(C)c(C)c(N2CC[C@]3(c4ccccc4)[C@@H](C2)OCC(=O)N3C)n1. The number of nitrogens with zero attached hydrogens (tertiary/aromatic N) is 4. The van der Waals surface area contributed by atoms with Crippen LogP contribution in [0, 0.1) is 20.8 Å². The van der Waals surface area contributed by atoms with Crippen LogP contribution in [-0.2, 0) is 15.1 Å². The highest BCUT2D eigenvalue weighted by molar-refractivity contribution is 5.79. The second kappa shape index (κ2) is 6.60. The van der Waals surface area contributed by atoms with Gasteiger partial charge in [-0.25, -0.2) is 9.97 Å². The molecular formula is C21H26N4O2. The summed E-state index contributed by atoms with van der Waals surface area (Å²) in [4.78, 5) is 25.8. The van der Waals surface area contributed by atoms with Crippen molar-refractivity contribution < 1.29 is 9.53 Å². The third-order valence-corrected chi connectivity index (χ3v) is 6.11. The lowest BCUT2D eigenvalue weighted by atomic mass is 9.76. The molecule has 6 nitrogen and oxygen atoms in total. The van der Waals surface area contributed by atoms with Gasteiger partial charge in [0, 0.05) is 31.4 Å². The van der Waals surface area contributed by atoms with Crippen molar-refractivity contribution in [2.75, 3.05) is 31.6 Å². The van der Waals surface area contributed by atoms with Gasteiger partial charge >= 0.3 is 0 Å². The average Bonchev–Trinajstić information content (AvgIpc) is 2.68. The molecule has 2 atom stereocenters. The summed E-state index contributed by atoms with van der Waals surface area (Å²) in [6, 6.07) is 10.3. The van der Waals surface area contributed by atoms with Gasteiger partial charge in [-0.1, -0.05) is 30.3 Å². The topological polar surface area (TPSA) is 58.6 Å². The van der Waals surface area contributed by atoms with Gasteiger partial charge in [0.2, 0.25) is 5.91 Å². The molecule has 1 aromatic heterocycles. The highest BCUT2D eigenvalue weighted by atomic mass is 16.5. The van der Waals surface area contributed by atoms with E-state index in [0.29, 0.717) is 6.54 Å². The fraction of sp³-hybridized carbons (Fsp3) is 0.476. The Kier molecular flexibility index (Phi) is 4.38. The minimum Gasteiger partial charge on any atom is -0.364 e. The Morgan fingerprint density at radius 3 is 2.63 bits per heavy atom. The van der Waals surface area contributed by atoms with Crippen molar-refractivity contribution in [1.29, 1.82) is 0 Å². The number of piperidine rings is 1. The molecule has 2 fully saturated rings. The predicted molar refractivity (Wildman–Crippen MR) is 104 cm³/mol. The number of aryl methyl sites for hydroxylation is 2. The number of carbonyl (C=O) groups excluding carboxylic acids is 1. The number of hydrogen-bond donors (Lipinski definition) is 0. The van der Waals surface area contributed by atoms with E-state index in [2.05, 4.69) is 28.9 Å². The molecule has 3 heterocycles. The number of ether oxygens (including phenoxy) is 1. The zero-order valence-corrected chi connectivity index (χ0v) is 16.4. The van der Waals surface area contributed by atoms with Crippen LogP contribution < -0.4 is 4.90 Å². The summed E-state index contributed by atoms with van der Waals surface area (Å²) in [6.07, 6.45) is 0.692. The molecule has 0 unspecified atom stereocenters. The molecule has 4 rings (SSSR count). The van der Waals surface area contributed by atoms with Crippen LogP contribution in [0.2, 0.25) is 0 Å². The van der Waals surface area contributed by atoms with Gasteiger partial charge in [0.15, 0.2) is 0 Å². The molecule has 0 bridgehead atoms. The Morgan fingerprint density at radius 1 is 1.15 bits per heavy atom. The van der Waals surface area contributed by atoms with E-state index in [4.69, 9.17) is 9.72 Å². The first-order chi connectivity index (χ1) is 12.9. The molecule has 142 valence electrons. The van der Waals surface area contributed by atoms with Gasteiger partial charge in [0.05, 0.1) is 5.54 Å². The number of carbonyl (C=O) groups is 1. The lowest BCUT2D eigenvalue weighted by Crippen LogP contribution is -2.67. The molecule has 0 saturated carbocycles. The van der Waals surface area contributed by atoms with Gasteiger partial charge in [-0.15, -0.1) is 0 Å². The zero-order chi connectivity index (χ0) is 19.2. The summed E-state index contributed by atoms with van der Waals surface area (Å²) in [5, 5.41) is 0. The molecule has 1 amide bonds. The van der Waals surface area contributed by atoms with Crippen LogP contribution in [0.3, 0.4) is 0 Å². The van der Waals surface area contributed by atoms with Crippen LogP contribution in [0.25, 0.3) is 0 Å². The molecule has 0 aliphatic carbocycles. The first-order valence-corrected chi connectivity index (χ1v) is 9.44. The number of benzene rings is 1. The van der Waals surface area contributed by atoms with Crippen molar-refractivity contribution in [2.24, 2.45) is 0 Å². The first kappa shape index (κ1) is 17.9. The molecule has 2 aliphatic heterocycles. The molecule has 0 N–H and O–H groups in total. The summed E-state index contributed by atoms with van der Waals surface area (Å²) in [5.74, 6) is 1.79. The van der Waals surface area contributed by atoms with E-state index in [0.717, 1.165) is 41.4 Å². The first-order valence-electron chi connectivity index (χ1n) is 9.44. The largest absolute Gasteiger partial charge is 0.364 e. The molecule has 0 spiro atoms. The van der Waals surface area contributed by atoms with Crippen LogP contribution in [0.4, 0.5) is 5.82 Å². The van der Waals surface area contributed by atoms with Crippen LogP contribution >= 0.6 is 0 Å². The van der Waals surface area contributed by atoms with E-state index in [1.807, 2.05) is 44.0 Å². The number of morpholine rings is 1. The summed E-state index contributed by atoms with van der Waals surface area (Å²) in [6.45, 7) is 7.66. The smallest absolute Gasteiger partial charge is 0.249 e. The Balaban J connectivity index is 1.73. The maximum Gasteiger partial charge on any atom is 0.249 e. The molecule has 27 heavy (non-hydrogen) atoms. The van der Waals surface area contributed by atoms with Gasteiger partial charge in [0.25, 0.3) is 0 Å². The second-order valence-electron chi connectivity index (χ2n) is 7.54. The fourth-order valence-corrected chi connectivity index (χ4v) is 4.48. The molecule has 2 aliphatic rings. The van der Waals surface area contributed by atoms with Crippen molar-refractivity contribution in [3.05, 3.63) is 53.0 Å². The van der Waals surface area contributed by atoms with Crippen LogP contribution in [-0.4, -0.2) is 53.6 Å². The molecule has 0 radical (unpaired) electrons. The number of amides is 1. The van der Waals surface area contributed by atoms with E-state index >= 15 is 0 Å². The summed E-state index contributed by atoms with van der Waals surface area (Å²) in [7, 11) is 1.91. The van der Waals surface area contributed by atoms with Crippen LogP contribution in [0.15, 0.2) is 30.3 Å². The highest BCUT2D eigenvalue weighted by Gasteiger charge is 2.52. The molecule has 1 aromatic carbocycles. The molecule has 2 saturated heterocycles. The van der Waals surface area contributed by atoms with E-state index in [9.17, 15) is 4.79 Å². The number of anilines is 1. The van der Waals surface area contributed by atoms with Crippen molar-refractivity contribution >= 4 is 11.7 Å². The maximum absolute atomic E-state index is 12.5. The predicted octanol–water partition coefficient (Wildman–Crippen LogP) is 2.36. The normalized spacial score (nSPS) is 25.5. The summed E-state index contributed by atoms with van der Waals surface area (Å²) in [5.41, 5.74) is 2.82. The highest BCUT2D eigenvalue weighted by Crippen LogP contribution is 2.43. The molecule has 6 heteroatoms. The lowest BCUT2D eigenvalue weighted by molar-refractivity contribution is -0.173. The van der Waals surface area contributed by atoms with Crippen molar-refractivity contribution in [3.8, 4) is 0 Å². The number of fused-ring (bicyclic) bond motifs is 1. The Hall–Kier alpha value is -2.47. The summed E-state index contributed by atoms with van der Waals surface area (Å²) >= 11 is 0. The van der Waals surface area contributed by atoms with E-state index in [1.54, 1.807) is 0 Å². The standard InChI is InChI=1S/C21H26N4O2/c1-14-15(2)22-16(3)23-20(14)25-11-10-21(17-8-6-5-7-9-17)18(12-25)27-13-19(26)24(21)4/h5-9,18H,10-13H2,1-4H3/t18-,21+/m1/s1. The van der Waals surface area contributed by atoms with E-state index in [-0.39, 0.29) is 18.6 Å². The van der Waals surface area contributed by atoms with Crippen molar-refractivity contribution in [2.45, 2.75) is 38.8 Å². The van der Waals surface area contributed by atoms with Crippen LogP contribution in [0.1, 0.15) is 29.1 Å². The van der Waals surface area contributed by atoms with Crippen LogP contribution in [0.5, 0.6) is 0 Å². The van der Waals surface area contributed by atoms with Gasteiger partial charge in [-0.2, -0.15) is 0 Å². The summed E-state index contributed by atoms with van der Waals surface area (Å²) < 4.78 is 6.10. The van der Waals surface area contributed by atoms with Gasteiger partial charge in [0.1, 0.15) is 24.4 Å². The third kappa shape index (κ3) is 2.79. The van der Waals surface area contributed by atoms with Crippen molar-refractivity contribution in [1.82, 2.24) is 14.9 Å².